The number of fused-ring (bicyclic) bond motifs is 4. The maximum atomic E-state index is 12.9. The average molecular weight is 404 g/mol. The Kier molecular flexibility index (Phi) is 3.86. The first-order valence-corrected chi connectivity index (χ1v) is 9.89. The lowest BCUT2D eigenvalue weighted by molar-refractivity contribution is 0.0943. The Bertz CT molecular complexity index is 1410. The highest BCUT2D eigenvalue weighted by atomic mass is 16.1. The highest BCUT2D eigenvalue weighted by Gasteiger charge is 2.32. The second-order valence-electron chi connectivity index (χ2n) is 7.34. The molecular formula is C24H16N6O. The Balaban J connectivity index is 1.49. The highest BCUT2D eigenvalue weighted by molar-refractivity contribution is 5.97. The molecule has 1 aliphatic carbocycles. The Morgan fingerprint density at radius 3 is 2.58 bits per heavy atom. The molecule has 3 heterocycles. The topological polar surface area (TPSA) is 96.5 Å². The van der Waals surface area contributed by atoms with E-state index in [1.807, 2.05) is 24.3 Å². The van der Waals surface area contributed by atoms with E-state index in [9.17, 15) is 4.79 Å². The largest absolute Gasteiger partial charge is 0.341 e. The van der Waals surface area contributed by atoms with Gasteiger partial charge in [-0.25, -0.2) is 15.0 Å². The van der Waals surface area contributed by atoms with Crippen LogP contribution in [-0.4, -0.2) is 30.8 Å². The van der Waals surface area contributed by atoms with E-state index < -0.39 is 0 Å². The Morgan fingerprint density at radius 1 is 0.903 bits per heavy atom. The summed E-state index contributed by atoms with van der Waals surface area (Å²) in [5, 5.41) is 3.19. The third-order valence-corrected chi connectivity index (χ3v) is 5.58. The first-order chi connectivity index (χ1) is 15.3. The lowest BCUT2D eigenvalue weighted by atomic mass is 9.98. The molecule has 7 heteroatoms. The second kappa shape index (κ2) is 6.84. The van der Waals surface area contributed by atoms with E-state index in [1.54, 1.807) is 30.7 Å². The Morgan fingerprint density at radius 2 is 1.71 bits per heavy atom. The van der Waals surface area contributed by atoms with Crippen molar-refractivity contribution in [3.8, 4) is 22.5 Å². The van der Waals surface area contributed by atoms with Crippen LogP contribution in [0.15, 0.2) is 79.5 Å². The number of imidazole rings is 1. The number of benzene rings is 2. The third-order valence-electron chi connectivity index (χ3n) is 5.58. The molecule has 5 aromatic rings. The zero-order chi connectivity index (χ0) is 20.8. The van der Waals surface area contributed by atoms with E-state index in [4.69, 9.17) is 0 Å². The van der Waals surface area contributed by atoms with Crippen LogP contribution in [0.5, 0.6) is 0 Å². The van der Waals surface area contributed by atoms with Crippen LogP contribution in [0, 0.1) is 0 Å². The van der Waals surface area contributed by atoms with Crippen molar-refractivity contribution >= 4 is 17.1 Å². The lowest BCUT2D eigenvalue weighted by Crippen LogP contribution is -2.28. The van der Waals surface area contributed by atoms with E-state index in [0.29, 0.717) is 11.2 Å². The summed E-state index contributed by atoms with van der Waals surface area (Å²) in [6, 6.07) is 17.4. The molecule has 0 spiro atoms. The maximum Gasteiger partial charge on any atom is 0.252 e. The zero-order valence-corrected chi connectivity index (χ0v) is 16.3. The first kappa shape index (κ1) is 17.5. The van der Waals surface area contributed by atoms with Crippen molar-refractivity contribution in [2.75, 3.05) is 0 Å². The minimum absolute atomic E-state index is 0.139. The van der Waals surface area contributed by atoms with Gasteiger partial charge >= 0.3 is 0 Å². The van der Waals surface area contributed by atoms with Crippen molar-refractivity contribution in [2.24, 2.45) is 0 Å². The predicted octanol–water partition coefficient (Wildman–Crippen LogP) is 3.91. The van der Waals surface area contributed by atoms with Crippen molar-refractivity contribution in [3.05, 3.63) is 96.2 Å². The van der Waals surface area contributed by atoms with Crippen LogP contribution in [0.4, 0.5) is 0 Å². The van der Waals surface area contributed by atoms with Crippen LogP contribution in [-0.2, 0) is 0 Å². The molecule has 7 nitrogen and oxygen atoms in total. The fourth-order valence-electron chi connectivity index (χ4n) is 4.22. The summed E-state index contributed by atoms with van der Waals surface area (Å²) < 4.78 is 0. The van der Waals surface area contributed by atoms with Crippen molar-refractivity contribution in [2.45, 2.75) is 6.04 Å². The average Bonchev–Trinajstić information content (AvgIpc) is 3.39. The minimum Gasteiger partial charge on any atom is -0.341 e. The minimum atomic E-state index is -0.254. The van der Waals surface area contributed by atoms with Crippen LogP contribution >= 0.6 is 0 Å². The van der Waals surface area contributed by atoms with E-state index in [2.05, 4.69) is 48.4 Å². The molecule has 2 N–H and O–H groups in total. The number of carbonyl (C=O) groups excluding carboxylic acids is 1. The van der Waals surface area contributed by atoms with Crippen molar-refractivity contribution in [1.82, 2.24) is 30.2 Å². The van der Waals surface area contributed by atoms with Gasteiger partial charge in [0.25, 0.3) is 5.91 Å². The van der Waals surface area contributed by atoms with Gasteiger partial charge in [-0.1, -0.05) is 42.5 Å². The summed E-state index contributed by atoms with van der Waals surface area (Å²) in [7, 11) is 0. The van der Waals surface area contributed by atoms with Crippen molar-refractivity contribution in [3.63, 3.8) is 0 Å². The molecule has 31 heavy (non-hydrogen) atoms. The molecule has 0 aliphatic heterocycles. The van der Waals surface area contributed by atoms with Crippen LogP contribution in [0.2, 0.25) is 0 Å². The molecule has 148 valence electrons. The normalized spacial score (nSPS) is 14.3. The first-order valence-electron chi connectivity index (χ1n) is 9.89. The molecule has 0 radical (unpaired) electrons. The van der Waals surface area contributed by atoms with Gasteiger partial charge in [0.15, 0.2) is 5.65 Å². The number of aromatic amines is 1. The lowest BCUT2D eigenvalue weighted by Gasteiger charge is -2.16. The van der Waals surface area contributed by atoms with Crippen LogP contribution < -0.4 is 5.32 Å². The summed E-state index contributed by atoms with van der Waals surface area (Å²) >= 11 is 0. The number of amides is 1. The van der Waals surface area contributed by atoms with Gasteiger partial charge in [-0.15, -0.1) is 0 Å². The molecule has 1 atom stereocenters. The summed E-state index contributed by atoms with van der Waals surface area (Å²) in [6.45, 7) is 0. The highest BCUT2D eigenvalue weighted by Crippen LogP contribution is 2.47. The number of pyridine rings is 1. The zero-order valence-electron chi connectivity index (χ0n) is 16.3. The Labute approximate surface area is 177 Å². The Hall–Kier alpha value is -4.39. The molecule has 1 unspecified atom stereocenters. The number of H-pyrrole nitrogens is 1. The molecule has 0 saturated heterocycles. The van der Waals surface area contributed by atoms with E-state index >= 15 is 0 Å². The number of carbonyl (C=O) groups is 1. The molecule has 1 aliphatic rings. The molecule has 6 rings (SSSR count). The number of aromatic nitrogens is 5. The molecule has 1 amide bonds. The van der Waals surface area contributed by atoms with Crippen LogP contribution in [0.25, 0.3) is 33.7 Å². The smallest absolute Gasteiger partial charge is 0.252 e. The van der Waals surface area contributed by atoms with Gasteiger partial charge in [-0.05, 0) is 34.4 Å². The number of rotatable bonds is 3. The van der Waals surface area contributed by atoms with E-state index in [1.165, 1.54) is 6.33 Å². The van der Waals surface area contributed by atoms with Crippen molar-refractivity contribution in [1.29, 1.82) is 0 Å². The van der Waals surface area contributed by atoms with Gasteiger partial charge in [0.2, 0.25) is 0 Å². The number of nitrogens with one attached hydrogen (secondary N) is 2. The van der Waals surface area contributed by atoms with Gasteiger partial charge in [0, 0.05) is 23.5 Å². The predicted molar refractivity (Wildman–Crippen MR) is 116 cm³/mol. The molecule has 2 aromatic carbocycles. The number of hydrogen-bond acceptors (Lipinski definition) is 5. The van der Waals surface area contributed by atoms with E-state index in [-0.39, 0.29) is 11.9 Å². The van der Waals surface area contributed by atoms with Crippen molar-refractivity contribution < 1.29 is 4.79 Å². The van der Waals surface area contributed by atoms with Gasteiger partial charge in [-0.3, -0.25) is 9.78 Å². The molecule has 3 aromatic heterocycles. The fourth-order valence-corrected chi connectivity index (χ4v) is 4.22. The monoisotopic (exact) mass is 404 g/mol. The van der Waals surface area contributed by atoms with Crippen LogP contribution in [0.1, 0.15) is 27.5 Å². The summed E-state index contributed by atoms with van der Waals surface area (Å²) in [6.07, 6.45) is 6.44. The molecule has 0 saturated carbocycles. The standard InChI is InChI=1S/C24H16N6O/c31-24(14-8-10-25-11-9-14)29-21-16-5-2-1-4-15(16)20-17(21)6-3-7-18(20)22-28-19-12-26-13-27-23(19)30-22/h1-13,21H,(H,29,31)(H,26,27,28,30). The van der Waals surface area contributed by atoms with E-state index in [0.717, 1.165) is 39.2 Å². The van der Waals surface area contributed by atoms with Gasteiger partial charge in [0.05, 0.1) is 12.2 Å². The number of nitrogens with zero attached hydrogens (tertiary/aromatic N) is 4. The summed E-state index contributed by atoms with van der Waals surface area (Å²) in [5.74, 6) is 0.586. The quantitative estimate of drug-likeness (QED) is 0.475. The van der Waals surface area contributed by atoms with Crippen LogP contribution in [0.3, 0.4) is 0 Å². The molecule has 0 bridgehead atoms. The van der Waals surface area contributed by atoms with Gasteiger partial charge in [-0.2, -0.15) is 0 Å². The summed E-state index contributed by atoms with van der Waals surface area (Å²) in [4.78, 5) is 33.2. The number of hydrogen-bond donors (Lipinski definition) is 2. The van der Waals surface area contributed by atoms with Gasteiger partial charge in [0.1, 0.15) is 17.7 Å². The summed E-state index contributed by atoms with van der Waals surface area (Å²) in [5.41, 5.74) is 7.18. The SMILES string of the molecule is O=C(NC1c2ccccc2-c2c(-c3nc4ncncc4[nH]3)cccc21)c1ccncc1. The fraction of sp³-hybridized carbons (Fsp3) is 0.0417. The second-order valence-corrected chi connectivity index (χ2v) is 7.34. The molecular weight excluding hydrogens is 388 g/mol. The third kappa shape index (κ3) is 2.78. The molecule has 0 fully saturated rings. The van der Waals surface area contributed by atoms with Gasteiger partial charge < -0.3 is 10.3 Å². The maximum absolute atomic E-state index is 12.9.